The van der Waals surface area contributed by atoms with E-state index in [0.29, 0.717) is 16.4 Å². The number of amides is 1. The summed E-state index contributed by atoms with van der Waals surface area (Å²) < 4.78 is 0. The number of hydrogen-bond acceptors (Lipinski definition) is 5. The lowest BCUT2D eigenvalue weighted by atomic mass is 10.2. The zero-order chi connectivity index (χ0) is 16.2. The Morgan fingerprint density at radius 2 is 1.78 bits per heavy atom. The van der Waals surface area contributed by atoms with Crippen LogP contribution in [0.25, 0.3) is 11.4 Å². The van der Waals surface area contributed by atoms with Crippen LogP contribution in [0, 0.1) is 0 Å². The van der Waals surface area contributed by atoms with Gasteiger partial charge >= 0.3 is 0 Å². The van der Waals surface area contributed by atoms with Crippen LogP contribution in [-0.2, 0) is 0 Å². The van der Waals surface area contributed by atoms with Gasteiger partial charge in [0.25, 0.3) is 11.5 Å². The molecule has 1 aromatic carbocycles. The molecule has 0 saturated carbocycles. The third-order valence-corrected chi connectivity index (χ3v) is 3.20. The Bertz CT molecular complexity index is 894. The van der Waals surface area contributed by atoms with Crippen LogP contribution in [-0.4, -0.2) is 25.8 Å². The predicted molar refractivity (Wildman–Crippen MR) is 85.3 cm³/mol. The second kappa shape index (κ2) is 6.37. The van der Waals surface area contributed by atoms with Crippen LogP contribution in [0.15, 0.2) is 53.7 Å². The fraction of sp³-hybridized carbons (Fsp3) is 0. The van der Waals surface area contributed by atoms with Crippen molar-refractivity contribution in [2.24, 2.45) is 0 Å². The molecule has 0 radical (unpaired) electrons. The second-order valence-corrected chi connectivity index (χ2v) is 4.94. The van der Waals surface area contributed by atoms with E-state index in [1.54, 1.807) is 30.3 Å². The molecule has 114 valence electrons. The molecule has 0 unspecified atom stereocenters. The molecule has 0 aliphatic rings. The van der Waals surface area contributed by atoms with E-state index in [4.69, 9.17) is 11.6 Å². The van der Waals surface area contributed by atoms with Gasteiger partial charge in [0, 0.05) is 29.2 Å². The van der Waals surface area contributed by atoms with Crippen molar-refractivity contribution < 1.29 is 4.79 Å². The molecule has 7 nitrogen and oxygen atoms in total. The van der Waals surface area contributed by atoms with E-state index in [9.17, 15) is 9.59 Å². The Balaban J connectivity index is 1.86. The average molecular weight is 328 g/mol. The van der Waals surface area contributed by atoms with Gasteiger partial charge in [-0.25, -0.2) is 15.0 Å². The van der Waals surface area contributed by atoms with Gasteiger partial charge in [0.15, 0.2) is 0 Å². The molecule has 0 spiro atoms. The van der Waals surface area contributed by atoms with Crippen molar-refractivity contribution in [3.8, 4) is 11.4 Å². The van der Waals surface area contributed by atoms with Gasteiger partial charge in [-0.05, 0) is 30.3 Å². The minimum atomic E-state index is -0.632. The number of nitrogens with one attached hydrogen (secondary N) is 2. The number of aromatic amines is 1. The maximum Gasteiger partial charge on any atom is 0.265 e. The first-order valence-corrected chi connectivity index (χ1v) is 6.95. The number of anilines is 1. The molecule has 3 aromatic rings. The summed E-state index contributed by atoms with van der Waals surface area (Å²) in [5, 5.41) is 3.01. The third kappa shape index (κ3) is 3.41. The quantitative estimate of drug-likeness (QED) is 0.767. The van der Waals surface area contributed by atoms with Crippen molar-refractivity contribution in [3.05, 3.63) is 69.9 Å². The van der Waals surface area contributed by atoms with Gasteiger partial charge in [-0.2, -0.15) is 0 Å². The van der Waals surface area contributed by atoms with E-state index in [1.807, 2.05) is 0 Å². The van der Waals surface area contributed by atoms with E-state index in [0.717, 1.165) is 0 Å². The van der Waals surface area contributed by atoms with Gasteiger partial charge in [0.05, 0.1) is 0 Å². The number of carbonyl (C=O) groups is 1. The monoisotopic (exact) mass is 327 g/mol. The van der Waals surface area contributed by atoms with Crippen LogP contribution in [0.5, 0.6) is 0 Å². The van der Waals surface area contributed by atoms with Crippen LogP contribution >= 0.6 is 11.6 Å². The van der Waals surface area contributed by atoms with Crippen LogP contribution < -0.4 is 10.9 Å². The molecule has 2 heterocycles. The minimum absolute atomic E-state index is 0.110. The smallest absolute Gasteiger partial charge is 0.265 e. The number of carbonyl (C=O) groups excluding carboxylic acids is 1. The first kappa shape index (κ1) is 14.9. The number of halogens is 1. The van der Waals surface area contributed by atoms with Crippen LogP contribution in [0.2, 0.25) is 5.02 Å². The summed E-state index contributed by atoms with van der Waals surface area (Å²) in [5.74, 6) is -0.175. The molecule has 2 aromatic heterocycles. The van der Waals surface area contributed by atoms with E-state index in [2.05, 4.69) is 25.3 Å². The molecule has 0 atom stereocenters. The summed E-state index contributed by atoms with van der Waals surface area (Å²) in [4.78, 5) is 38.5. The number of H-pyrrole nitrogens is 1. The summed E-state index contributed by atoms with van der Waals surface area (Å²) in [6.45, 7) is 0. The standard InChI is InChI=1S/C15H10ClN5O2/c16-10-4-2-9(3-5-10)12-19-8-11(13(22)20-12)14(23)21-15-17-6-1-7-18-15/h1-8H,(H,19,20,22)(H,17,18,21,23). The molecular formula is C15H10ClN5O2. The molecule has 0 saturated heterocycles. The maximum atomic E-state index is 12.1. The van der Waals surface area contributed by atoms with Crippen molar-refractivity contribution in [1.29, 1.82) is 0 Å². The maximum absolute atomic E-state index is 12.1. The fourth-order valence-electron chi connectivity index (χ4n) is 1.84. The number of aromatic nitrogens is 4. The Morgan fingerprint density at radius 3 is 2.43 bits per heavy atom. The fourth-order valence-corrected chi connectivity index (χ4v) is 1.97. The number of nitrogens with zero attached hydrogens (tertiary/aromatic N) is 3. The summed E-state index contributed by atoms with van der Waals surface area (Å²) in [5.41, 5.74) is -0.00148. The molecule has 23 heavy (non-hydrogen) atoms. The first-order valence-electron chi connectivity index (χ1n) is 6.57. The van der Waals surface area contributed by atoms with E-state index >= 15 is 0 Å². The van der Waals surface area contributed by atoms with Crippen molar-refractivity contribution in [2.75, 3.05) is 5.32 Å². The Morgan fingerprint density at radius 1 is 1.09 bits per heavy atom. The van der Waals surface area contributed by atoms with Crippen molar-refractivity contribution >= 4 is 23.5 Å². The third-order valence-electron chi connectivity index (χ3n) is 2.95. The highest BCUT2D eigenvalue weighted by molar-refractivity contribution is 6.30. The molecule has 2 N–H and O–H groups in total. The summed E-state index contributed by atoms with van der Waals surface area (Å²) >= 11 is 5.82. The van der Waals surface area contributed by atoms with Crippen molar-refractivity contribution in [2.45, 2.75) is 0 Å². The van der Waals surface area contributed by atoms with Crippen molar-refractivity contribution in [3.63, 3.8) is 0 Å². The molecule has 0 fully saturated rings. The second-order valence-electron chi connectivity index (χ2n) is 4.51. The minimum Gasteiger partial charge on any atom is -0.306 e. The van der Waals surface area contributed by atoms with Crippen LogP contribution in [0.4, 0.5) is 5.95 Å². The van der Waals surface area contributed by atoms with Crippen LogP contribution in [0.3, 0.4) is 0 Å². The molecule has 3 rings (SSSR count). The molecule has 0 aliphatic heterocycles. The summed E-state index contributed by atoms with van der Waals surface area (Å²) in [7, 11) is 0. The lowest BCUT2D eigenvalue weighted by Gasteiger charge is -2.04. The largest absolute Gasteiger partial charge is 0.306 e. The van der Waals surface area contributed by atoms with Crippen molar-refractivity contribution in [1.82, 2.24) is 19.9 Å². The van der Waals surface area contributed by atoms with Gasteiger partial charge in [0.1, 0.15) is 11.4 Å². The van der Waals surface area contributed by atoms with Crippen LogP contribution in [0.1, 0.15) is 10.4 Å². The topological polar surface area (TPSA) is 101 Å². The first-order chi connectivity index (χ1) is 11.1. The number of benzene rings is 1. The summed E-state index contributed by atoms with van der Waals surface area (Å²) in [6, 6.07) is 8.43. The molecular weight excluding hydrogens is 318 g/mol. The summed E-state index contributed by atoms with van der Waals surface area (Å²) in [6.07, 6.45) is 4.17. The average Bonchev–Trinajstić information content (AvgIpc) is 2.56. The molecule has 0 aliphatic carbocycles. The molecule has 0 bridgehead atoms. The highest BCUT2D eigenvalue weighted by Gasteiger charge is 2.13. The van der Waals surface area contributed by atoms with Gasteiger partial charge in [-0.3, -0.25) is 14.9 Å². The van der Waals surface area contributed by atoms with E-state index < -0.39 is 11.5 Å². The van der Waals surface area contributed by atoms with Gasteiger partial charge < -0.3 is 4.98 Å². The predicted octanol–water partition coefficient (Wildman–Crippen LogP) is 2.13. The zero-order valence-corrected chi connectivity index (χ0v) is 12.4. The highest BCUT2D eigenvalue weighted by atomic mass is 35.5. The van der Waals surface area contributed by atoms with Gasteiger partial charge in [-0.15, -0.1) is 0 Å². The zero-order valence-electron chi connectivity index (χ0n) is 11.7. The number of rotatable bonds is 3. The molecule has 8 heteroatoms. The Hall–Kier alpha value is -3.06. The number of hydrogen-bond donors (Lipinski definition) is 2. The van der Waals surface area contributed by atoms with Gasteiger partial charge in [0.2, 0.25) is 5.95 Å². The molecule has 1 amide bonds. The lowest BCUT2D eigenvalue weighted by molar-refractivity contribution is 0.102. The highest BCUT2D eigenvalue weighted by Crippen LogP contribution is 2.16. The Kier molecular flexibility index (Phi) is 4.11. The van der Waals surface area contributed by atoms with E-state index in [1.165, 1.54) is 18.6 Å². The SMILES string of the molecule is O=C(Nc1ncccn1)c1cnc(-c2ccc(Cl)cc2)[nH]c1=O. The normalized spacial score (nSPS) is 10.3. The lowest BCUT2D eigenvalue weighted by Crippen LogP contribution is -2.24. The van der Waals surface area contributed by atoms with E-state index in [-0.39, 0.29) is 11.5 Å². The van der Waals surface area contributed by atoms with Gasteiger partial charge in [-0.1, -0.05) is 11.6 Å². The Labute approximate surface area is 135 Å².